The summed E-state index contributed by atoms with van der Waals surface area (Å²) in [6.07, 6.45) is 50.7. The molecule has 0 aromatic heterocycles. The zero-order chi connectivity index (χ0) is 64.9. The number of unbranched alkanes of at least 4 members (excludes halogenated alkanes) is 35. The van der Waals surface area contributed by atoms with Gasteiger partial charge in [0.2, 0.25) is 0 Å². The molecule has 0 saturated heterocycles. The zero-order valence-corrected chi connectivity index (χ0v) is 58.1. The highest BCUT2D eigenvalue weighted by Gasteiger charge is 2.30. The molecule has 0 aliphatic heterocycles. The Morgan fingerprint density at radius 3 is 0.966 bits per heavy atom. The van der Waals surface area contributed by atoms with Gasteiger partial charge in [0, 0.05) is 25.7 Å². The summed E-state index contributed by atoms with van der Waals surface area (Å²) in [5.41, 5.74) is 0. The van der Waals surface area contributed by atoms with E-state index in [1.54, 1.807) is 0 Å². The Balaban J connectivity index is 5.27. The summed E-state index contributed by atoms with van der Waals surface area (Å²) in [5.74, 6) is -1.39. The van der Waals surface area contributed by atoms with Gasteiger partial charge in [-0.1, -0.05) is 277 Å². The van der Waals surface area contributed by atoms with Gasteiger partial charge < -0.3 is 33.8 Å². The molecule has 0 aromatic carbocycles. The number of esters is 4. The van der Waals surface area contributed by atoms with Gasteiger partial charge in [0.1, 0.15) is 19.3 Å². The van der Waals surface area contributed by atoms with Crippen molar-refractivity contribution in [2.45, 2.75) is 348 Å². The van der Waals surface area contributed by atoms with Gasteiger partial charge in [0.25, 0.3) is 0 Å². The summed E-state index contributed by atoms with van der Waals surface area (Å²) in [6, 6.07) is 0. The number of phosphoric acid groups is 2. The SMILES string of the molecule is CCCCCC/C=C\C=C/CCCCCCCC(=O)O[C@H](COC(=O)CCCCCCCCCCCCCCC)COP(=O)(O)OC[C@@H](O)COP(=O)(O)OC[C@@H](COC(=O)CCCCCCCCCC)OC(=O)CCCCCCCCCCC(C)CC. The maximum Gasteiger partial charge on any atom is 0.472 e. The molecule has 0 bridgehead atoms. The van der Waals surface area contributed by atoms with Crippen LogP contribution in [-0.4, -0.2) is 96.7 Å². The molecule has 0 spiro atoms. The average molecular weight is 1290 g/mol. The van der Waals surface area contributed by atoms with Gasteiger partial charge in [-0.05, 0) is 57.3 Å². The maximum atomic E-state index is 13.0. The molecule has 0 saturated carbocycles. The van der Waals surface area contributed by atoms with Crippen molar-refractivity contribution in [3.8, 4) is 0 Å². The molecule has 0 amide bonds. The first-order valence-electron chi connectivity index (χ1n) is 35.5. The molecule has 0 aliphatic rings. The van der Waals surface area contributed by atoms with Gasteiger partial charge in [0.15, 0.2) is 12.2 Å². The number of aliphatic hydroxyl groups excluding tert-OH is 1. The number of hydrogen-bond acceptors (Lipinski definition) is 15. The van der Waals surface area contributed by atoms with Crippen LogP contribution < -0.4 is 0 Å². The Morgan fingerprint density at radius 2 is 0.636 bits per heavy atom. The van der Waals surface area contributed by atoms with Crippen molar-refractivity contribution in [3.63, 3.8) is 0 Å². The van der Waals surface area contributed by atoms with Gasteiger partial charge >= 0.3 is 39.5 Å². The van der Waals surface area contributed by atoms with E-state index in [1.807, 2.05) is 0 Å². The molecule has 6 atom stereocenters. The first kappa shape index (κ1) is 85.5. The zero-order valence-electron chi connectivity index (χ0n) is 56.3. The third kappa shape index (κ3) is 61.1. The second-order valence-electron chi connectivity index (χ2n) is 24.5. The van der Waals surface area contributed by atoms with E-state index in [4.69, 9.17) is 37.0 Å². The fourth-order valence-corrected chi connectivity index (χ4v) is 11.5. The average Bonchev–Trinajstić information content (AvgIpc) is 3.63. The first-order valence-corrected chi connectivity index (χ1v) is 38.5. The summed E-state index contributed by atoms with van der Waals surface area (Å²) < 4.78 is 68.1. The largest absolute Gasteiger partial charge is 0.472 e. The minimum Gasteiger partial charge on any atom is -0.462 e. The van der Waals surface area contributed by atoms with E-state index in [-0.39, 0.29) is 25.7 Å². The highest BCUT2D eigenvalue weighted by atomic mass is 31.2. The van der Waals surface area contributed by atoms with Crippen LogP contribution in [0.4, 0.5) is 0 Å². The second kappa shape index (κ2) is 62.0. The number of phosphoric ester groups is 2. The van der Waals surface area contributed by atoms with Gasteiger partial charge in [-0.2, -0.15) is 0 Å². The molecule has 518 valence electrons. The third-order valence-electron chi connectivity index (χ3n) is 15.8. The lowest BCUT2D eigenvalue weighted by atomic mass is 9.99. The van der Waals surface area contributed by atoms with Crippen molar-refractivity contribution in [1.82, 2.24) is 0 Å². The number of hydrogen-bond donors (Lipinski definition) is 3. The fourth-order valence-electron chi connectivity index (χ4n) is 9.89. The molecule has 0 aromatic rings. The molecule has 0 rings (SSSR count). The molecule has 19 heteroatoms. The lowest BCUT2D eigenvalue weighted by molar-refractivity contribution is -0.161. The molecule has 3 N–H and O–H groups in total. The van der Waals surface area contributed by atoms with Crippen molar-refractivity contribution in [2.75, 3.05) is 39.6 Å². The van der Waals surface area contributed by atoms with Gasteiger partial charge in [-0.15, -0.1) is 0 Å². The molecular formula is C69H130O17P2. The normalized spacial score (nSPS) is 14.6. The summed E-state index contributed by atoms with van der Waals surface area (Å²) in [7, 11) is -9.91. The Hall–Kier alpha value is -2.46. The number of allylic oxidation sites excluding steroid dienone is 4. The molecule has 0 fully saturated rings. The minimum absolute atomic E-state index is 0.0854. The van der Waals surface area contributed by atoms with E-state index in [2.05, 4.69) is 58.9 Å². The van der Waals surface area contributed by atoms with E-state index in [0.29, 0.717) is 25.7 Å². The van der Waals surface area contributed by atoms with E-state index < -0.39 is 97.5 Å². The van der Waals surface area contributed by atoms with Crippen LogP contribution in [0.3, 0.4) is 0 Å². The van der Waals surface area contributed by atoms with Crippen LogP contribution in [0.15, 0.2) is 24.3 Å². The summed E-state index contributed by atoms with van der Waals surface area (Å²) in [4.78, 5) is 72.4. The molecule has 17 nitrogen and oxygen atoms in total. The maximum absolute atomic E-state index is 13.0. The third-order valence-corrected chi connectivity index (χ3v) is 17.7. The van der Waals surface area contributed by atoms with Crippen LogP contribution >= 0.6 is 15.6 Å². The lowest BCUT2D eigenvalue weighted by Gasteiger charge is -2.21. The number of rotatable bonds is 67. The quantitative estimate of drug-likeness (QED) is 0.0169. The van der Waals surface area contributed by atoms with Crippen molar-refractivity contribution in [3.05, 3.63) is 24.3 Å². The standard InChI is InChI=1S/C69H130O17P2/c1-6-10-13-16-19-22-24-26-27-29-31-33-39-44-49-54-68(73)85-65(59-80-67(72)53-48-43-38-32-30-28-25-23-20-17-14-11-7-2)61-84-88(77,78)82-57-63(70)56-81-87(75,76)83-60-64(58-79-66(71)52-47-42-37-21-18-15-12-8-3)86-69(74)55-50-45-40-35-34-36-41-46-51-62(5)9-4/h22,24,26-27,62-65,70H,6-21,23,25,28-61H2,1-5H3,(H,75,76)(H,77,78)/b24-22-,27-26-/t62?,63-,64+,65+/m0/s1. The molecule has 3 unspecified atom stereocenters. The van der Waals surface area contributed by atoms with E-state index >= 15 is 0 Å². The van der Waals surface area contributed by atoms with Crippen molar-refractivity contribution < 1.29 is 80.2 Å². The molecule has 0 radical (unpaired) electrons. The van der Waals surface area contributed by atoms with Crippen LogP contribution in [0, 0.1) is 5.92 Å². The van der Waals surface area contributed by atoms with Gasteiger partial charge in [0.05, 0.1) is 26.4 Å². The fraction of sp³-hybridized carbons (Fsp3) is 0.884. The Labute approximate surface area is 535 Å². The highest BCUT2D eigenvalue weighted by molar-refractivity contribution is 7.47. The van der Waals surface area contributed by atoms with Crippen LogP contribution in [0.2, 0.25) is 0 Å². The first-order chi connectivity index (χ1) is 42.6. The number of carbonyl (C=O) groups is 4. The van der Waals surface area contributed by atoms with E-state index in [1.165, 1.54) is 135 Å². The van der Waals surface area contributed by atoms with Gasteiger partial charge in [-0.25, -0.2) is 9.13 Å². The second-order valence-corrected chi connectivity index (χ2v) is 27.4. The summed E-state index contributed by atoms with van der Waals surface area (Å²) in [5, 5.41) is 10.6. The molecular weight excluding hydrogens is 1160 g/mol. The van der Waals surface area contributed by atoms with E-state index in [0.717, 1.165) is 115 Å². The Kier molecular flexibility index (Phi) is 60.3. The Morgan fingerprint density at radius 1 is 0.364 bits per heavy atom. The van der Waals surface area contributed by atoms with Crippen molar-refractivity contribution in [2.24, 2.45) is 5.92 Å². The van der Waals surface area contributed by atoms with Crippen LogP contribution in [0.1, 0.15) is 330 Å². The number of aliphatic hydroxyl groups is 1. The molecule has 88 heavy (non-hydrogen) atoms. The summed E-state index contributed by atoms with van der Waals surface area (Å²) >= 11 is 0. The minimum atomic E-state index is -4.96. The summed E-state index contributed by atoms with van der Waals surface area (Å²) in [6.45, 7) is 7.14. The predicted molar refractivity (Wildman–Crippen MR) is 354 cm³/mol. The van der Waals surface area contributed by atoms with Crippen molar-refractivity contribution >= 4 is 39.5 Å². The van der Waals surface area contributed by atoms with Crippen molar-refractivity contribution in [1.29, 1.82) is 0 Å². The van der Waals surface area contributed by atoms with E-state index in [9.17, 15) is 43.2 Å². The van der Waals surface area contributed by atoms with Crippen LogP contribution in [0.25, 0.3) is 0 Å². The van der Waals surface area contributed by atoms with Crippen LogP contribution in [0.5, 0.6) is 0 Å². The topological polar surface area (TPSA) is 237 Å². The molecule has 0 heterocycles. The molecule has 0 aliphatic carbocycles. The number of ether oxygens (including phenoxy) is 4. The predicted octanol–water partition coefficient (Wildman–Crippen LogP) is 19.3. The van der Waals surface area contributed by atoms with Crippen LogP contribution in [-0.2, 0) is 65.4 Å². The Bertz CT molecular complexity index is 1800. The van der Waals surface area contributed by atoms with Gasteiger partial charge in [-0.3, -0.25) is 37.3 Å². The number of carbonyl (C=O) groups excluding carboxylic acids is 4. The lowest BCUT2D eigenvalue weighted by Crippen LogP contribution is -2.30. The monoisotopic (exact) mass is 1290 g/mol. The smallest absolute Gasteiger partial charge is 0.462 e. The highest BCUT2D eigenvalue weighted by Crippen LogP contribution is 2.45.